The number of hydrogen-bond acceptors (Lipinski definition) is 8. The molecule has 1 saturated heterocycles. The lowest BCUT2D eigenvalue weighted by atomic mass is 9.94. The molecule has 4 rings (SSSR count). The Morgan fingerprint density at radius 3 is 2.32 bits per heavy atom. The Labute approximate surface area is 223 Å². The van der Waals surface area contributed by atoms with Gasteiger partial charge in [-0.3, -0.25) is 19.3 Å². The molecule has 38 heavy (non-hydrogen) atoms. The average molecular weight is 533 g/mol. The number of carbonyl (C=O) groups excluding carboxylic acids is 3. The second kappa shape index (κ2) is 10.7. The Hall–Kier alpha value is -4.81. The van der Waals surface area contributed by atoms with Crippen molar-refractivity contribution < 1.29 is 33.7 Å². The van der Waals surface area contributed by atoms with Gasteiger partial charge >= 0.3 is 5.97 Å². The van der Waals surface area contributed by atoms with E-state index in [1.165, 1.54) is 68.5 Å². The van der Waals surface area contributed by atoms with E-state index in [1.807, 2.05) is 6.07 Å². The molecule has 1 atom stereocenters. The maximum Gasteiger partial charge on any atom is 0.308 e. The summed E-state index contributed by atoms with van der Waals surface area (Å²) in [5.41, 5.74) is 0.897. The van der Waals surface area contributed by atoms with E-state index in [9.17, 15) is 24.8 Å². The summed E-state index contributed by atoms with van der Waals surface area (Å²) in [6.07, 6.45) is 0. The van der Waals surface area contributed by atoms with Crippen LogP contribution in [0.4, 0.5) is 5.69 Å². The fourth-order valence-corrected chi connectivity index (χ4v) is 4.45. The summed E-state index contributed by atoms with van der Waals surface area (Å²) in [7, 11) is 2.76. The number of methoxy groups -OCH3 is 2. The quantitative estimate of drug-likeness (QED) is 0.158. The maximum absolute atomic E-state index is 13.4. The number of aliphatic hydroxyl groups excluding tert-OH is 1. The van der Waals surface area contributed by atoms with Gasteiger partial charge in [-0.1, -0.05) is 23.7 Å². The zero-order valence-corrected chi connectivity index (χ0v) is 21.3. The fourth-order valence-electron chi connectivity index (χ4n) is 4.22. The van der Waals surface area contributed by atoms with Crippen LogP contribution in [0.25, 0.3) is 5.76 Å². The summed E-state index contributed by atoms with van der Waals surface area (Å²) in [6.45, 7) is 1.25. The average Bonchev–Trinajstić information content (AvgIpc) is 3.18. The Morgan fingerprint density at radius 2 is 1.71 bits per heavy atom. The molecular weight excluding hydrogens is 512 g/mol. The predicted octanol–water partition coefficient (Wildman–Crippen LogP) is 4.78. The molecule has 1 amide bonds. The van der Waals surface area contributed by atoms with Gasteiger partial charge in [0.15, 0.2) is 0 Å². The minimum atomic E-state index is -1.12. The van der Waals surface area contributed by atoms with Crippen molar-refractivity contribution in [1.29, 1.82) is 5.26 Å². The van der Waals surface area contributed by atoms with Crippen LogP contribution in [0.5, 0.6) is 17.2 Å². The Balaban J connectivity index is 1.99. The number of anilines is 1. The molecule has 0 spiro atoms. The van der Waals surface area contributed by atoms with E-state index in [1.54, 1.807) is 18.2 Å². The molecule has 3 aromatic carbocycles. The largest absolute Gasteiger partial charge is 0.507 e. The third kappa shape index (κ3) is 4.77. The molecule has 0 aromatic heterocycles. The van der Waals surface area contributed by atoms with Crippen LogP contribution >= 0.6 is 11.6 Å². The summed E-state index contributed by atoms with van der Waals surface area (Å²) < 4.78 is 15.8. The van der Waals surface area contributed by atoms with Crippen LogP contribution in [-0.4, -0.2) is 37.0 Å². The number of amides is 1. The normalized spacial score (nSPS) is 16.2. The number of halogens is 1. The SMILES string of the molecule is COc1cc(/C(O)=C2\C(=O)C(=O)N(c3ccc(C#N)cc3)C2c2cccc(OC(C)=O)c2)c(OC)cc1Cl. The number of benzene rings is 3. The monoisotopic (exact) mass is 532 g/mol. The summed E-state index contributed by atoms with van der Waals surface area (Å²) in [5, 5.41) is 20.9. The molecule has 1 aliphatic heterocycles. The lowest BCUT2D eigenvalue weighted by Crippen LogP contribution is -2.29. The van der Waals surface area contributed by atoms with Crippen molar-refractivity contribution in [3.63, 3.8) is 0 Å². The standard InChI is InChI=1S/C28H21ClN2O7/c1-15(32)38-19-6-4-5-17(11-19)25-24(26(33)20-12-23(37-3)21(29)13-22(20)36-2)27(34)28(35)31(25)18-9-7-16(14-30)8-10-18/h4-13,25,33H,1-3H3/b26-24+. The fraction of sp³-hybridized carbons (Fsp3) is 0.143. The number of esters is 1. The molecule has 1 fully saturated rings. The first-order valence-electron chi connectivity index (χ1n) is 11.2. The highest BCUT2D eigenvalue weighted by Crippen LogP contribution is 2.45. The number of ether oxygens (including phenoxy) is 3. The summed E-state index contributed by atoms with van der Waals surface area (Å²) in [4.78, 5) is 39.6. The van der Waals surface area contributed by atoms with Crippen LogP contribution in [0.3, 0.4) is 0 Å². The third-order valence-electron chi connectivity index (χ3n) is 5.88. The van der Waals surface area contributed by atoms with Crippen molar-refractivity contribution in [3.8, 4) is 23.3 Å². The maximum atomic E-state index is 13.4. The van der Waals surface area contributed by atoms with Crippen molar-refractivity contribution >= 4 is 40.7 Å². The Kier molecular flexibility index (Phi) is 7.37. The van der Waals surface area contributed by atoms with E-state index in [4.69, 9.17) is 25.8 Å². The van der Waals surface area contributed by atoms with E-state index in [2.05, 4.69) is 0 Å². The highest BCUT2D eigenvalue weighted by Gasteiger charge is 2.47. The number of aliphatic hydroxyl groups is 1. The topological polar surface area (TPSA) is 126 Å². The first kappa shape index (κ1) is 26.3. The van der Waals surface area contributed by atoms with Gasteiger partial charge in [0.25, 0.3) is 11.7 Å². The molecule has 0 saturated carbocycles. The van der Waals surface area contributed by atoms with E-state index in [0.29, 0.717) is 16.8 Å². The molecular formula is C28H21ClN2O7. The van der Waals surface area contributed by atoms with Crippen molar-refractivity contribution in [3.05, 3.63) is 87.9 Å². The molecule has 1 heterocycles. The van der Waals surface area contributed by atoms with Crippen LogP contribution in [0, 0.1) is 11.3 Å². The molecule has 0 bridgehead atoms. The van der Waals surface area contributed by atoms with Gasteiger partial charge in [-0.2, -0.15) is 5.26 Å². The molecule has 1 unspecified atom stereocenters. The third-order valence-corrected chi connectivity index (χ3v) is 6.18. The molecule has 10 heteroatoms. The second-order valence-electron chi connectivity index (χ2n) is 8.18. The van der Waals surface area contributed by atoms with E-state index < -0.39 is 29.5 Å². The van der Waals surface area contributed by atoms with Gasteiger partial charge in [0, 0.05) is 18.7 Å². The van der Waals surface area contributed by atoms with E-state index in [0.717, 1.165) is 0 Å². The van der Waals surface area contributed by atoms with E-state index >= 15 is 0 Å². The highest BCUT2D eigenvalue weighted by atomic mass is 35.5. The minimum absolute atomic E-state index is 0.0766. The van der Waals surface area contributed by atoms with Gasteiger partial charge in [-0.15, -0.1) is 0 Å². The van der Waals surface area contributed by atoms with Gasteiger partial charge in [0.1, 0.15) is 23.0 Å². The van der Waals surface area contributed by atoms with Gasteiger partial charge < -0.3 is 19.3 Å². The van der Waals surface area contributed by atoms with Crippen molar-refractivity contribution in [2.75, 3.05) is 19.1 Å². The zero-order valence-electron chi connectivity index (χ0n) is 20.5. The molecule has 1 aliphatic rings. The molecule has 0 radical (unpaired) electrons. The lowest BCUT2D eigenvalue weighted by Gasteiger charge is -2.26. The number of hydrogen-bond donors (Lipinski definition) is 1. The predicted molar refractivity (Wildman–Crippen MR) is 138 cm³/mol. The Bertz CT molecular complexity index is 1520. The number of Topliss-reactive ketones (excluding diaryl/α,β-unsaturated/α-hetero) is 1. The number of nitriles is 1. The van der Waals surface area contributed by atoms with Crippen molar-refractivity contribution in [1.82, 2.24) is 0 Å². The molecule has 192 valence electrons. The van der Waals surface area contributed by atoms with Crippen LogP contribution < -0.4 is 19.1 Å². The van der Waals surface area contributed by atoms with Gasteiger partial charge in [0.05, 0.1) is 48.1 Å². The van der Waals surface area contributed by atoms with Crippen LogP contribution in [0.1, 0.15) is 29.7 Å². The first-order valence-corrected chi connectivity index (χ1v) is 11.6. The second-order valence-corrected chi connectivity index (χ2v) is 8.59. The summed E-state index contributed by atoms with van der Waals surface area (Å²) in [5.74, 6) is -2.39. The van der Waals surface area contributed by atoms with Gasteiger partial charge in [-0.05, 0) is 48.0 Å². The molecule has 1 N–H and O–H groups in total. The number of nitrogens with zero attached hydrogens (tertiary/aromatic N) is 2. The number of ketones is 1. The van der Waals surface area contributed by atoms with Crippen LogP contribution in [0.2, 0.25) is 5.02 Å². The Morgan fingerprint density at radius 1 is 1.03 bits per heavy atom. The number of rotatable bonds is 6. The van der Waals surface area contributed by atoms with Gasteiger partial charge in [-0.25, -0.2) is 0 Å². The summed E-state index contributed by atoms with van der Waals surface area (Å²) in [6, 6.07) is 16.0. The molecule has 9 nitrogen and oxygen atoms in total. The molecule has 0 aliphatic carbocycles. The first-order chi connectivity index (χ1) is 18.2. The van der Waals surface area contributed by atoms with Crippen LogP contribution in [0.15, 0.2) is 66.2 Å². The zero-order chi connectivity index (χ0) is 27.6. The summed E-state index contributed by atoms with van der Waals surface area (Å²) >= 11 is 6.21. The minimum Gasteiger partial charge on any atom is -0.507 e. The van der Waals surface area contributed by atoms with Crippen molar-refractivity contribution in [2.45, 2.75) is 13.0 Å². The van der Waals surface area contributed by atoms with Crippen molar-refractivity contribution in [2.24, 2.45) is 0 Å². The molecule has 3 aromatic rings. The highest BCUT2D eigenvalue weighted by molar-refractivity contribution is 6.51. The van der Waals surface area contributed by atoms with Crippen LogP contribution in [-0.2, 0) is 14.4 Å². The lowest BCUT2D eigenvalue weighted by molar-refractivity contribution is -0.132. The number of carbonyl (C=O) groups is 3. The van der Waals surface area contributed by atoms with Gasteiger partial charge in [0.2, 0.25) is 0 Å². The smallest absolute Gasteiger partial charge is 0.308 e. The van der Waals surface area contributed by atoms with E-state index in [-0.39, 0.29) is 33.4 Å².